The summed E-state index contributed by atoms with van der Waals surface area (Å²) in [5.41, 5.74) is 6.09. The zero-order valence-electron chi connectivity index (χ0n) is 9.87. The molecule has 0 atom stereocenters. The number of nitrogen functional groups attached to an aromatic ring is 1. The SMILES string of the molecule is CCn1cc(S(=O)(=O)Nc2ccccc2)c(N)n1. The molecule has 0 aliphatic rings. The number of nitrogens with one attached hydrogen (secondary N) is 1. The van der Waals surface area contributed by atoms with Crippen LogP contribution in [0.4, 0.5) is 11.5 Å². The van der Waals surface area contributed by atoms with Crippen molar-refractivity contribution in [3.05, 3.63) is 36.5 Å². The van der Waals surface area contributed by atoms with Crippen LogP contribution in [0.1, 0.15) is 6.92 Å². The fourth-order valence-corrected chi connectivity index (χ4v) is 2.64. The molecule has 7 heteroatoms. The zero-order chi connectivity index (χ0) is 13.2. The lowest BCUT2D eigenvalue weighted by atomic mass is 10.3. The summed E-state index contributed by atoms with van der Waals surface area (Å²) >= 11 is 0. The minimum Gasteiger partial charge on any atom is -0.381 e. The standard InChI is InChI=1S/C11H14N4O2S/c1-2-15-8-10(11(12)13-15)18(16,17)14-9-6-4-3-5-7-9/h3-8,14H,2H2,1H3,(H2,12,13). The van der Waals surface area contributed by atoms with E-state index in [0.717, 1.165) is 0 Å². The first-order valence-corrected chi connectivity index (χ1v) is 6.92. The van der Waals surface area contributed by atoms with E-state index in [4.69, 9.17) is 5.73 Å². The van der Waals surface area contributed by atoms with Crippen LogP contribution in [0, 0.1) is 0 Å². The molecule has 0 amide bonds. The van der Waals surface area contributed by atoms with Gasteiger partial charge in [0.1, 0.15) is 4.90 Å². The molecule has 2 rings (SSSR count). The molecule has 0 spiro atoms. The monoisotopic (exact) mass is 266 g/mol. The van der Waals surface area contributed by atoms with Crippen LogP contribution in [0.15, 0.2) is 41.4 Å². The number of hydrogen-bond acceptors (Lipinski definition) is 4. The van der Waals surface area contributed by atoms with Crippen LogP contribution in [0.5, 0.6) is 0 Å². The molecule has 18 heavy (non-hydrogen) atoms. The third kappa shape index (κ3) is 2.45. The molecule has 0 bridgehead atoms. The van der Waals surface area contributed by atoms with Gasteiger partial charge < -0.3 is 5.73 Å². The molecular formula is C11H14N4O2S. The van der Waals surface area contributed by atoms with Crippen molar-refractivity contribution in [3.8, 4) is 0 Å². The van der Waals surface area contributed by atoms with Gasteiger partial charge in [0, 0.05) is 18.4 Å². The van der Waals surface area contributed by atoms with Crippen LogP contribution in [0.3, 0.4) is 0 Å². The highest BCUT2D eigenvalue weighted by atomic mass is 32.2. The Kier molecular flexibility index (Phi) is 3.24. The number of rotatable bonds is 4. The van der Waals surface area contributed by atoms with Crippen LogP contribution in [0.25, 0.3) is 0 Å². The summed E-state index contributed by atoms with van der Waals surface area (Å²) in [6.45, 7) is 2.42. The number of anilines is 2. The Bertz CT molecular complexity index is 634. The van der Waals surface area contributed by atoms with Crippen molar-refractivity contribution < 1.29 is 8.42 Å². The quantitative estimate of drug-likeness (QED) is 0.872. The van der Waals surface area contributed by atoms with Gasteiger partial charge in [0.05, 0.1) is 0 Å². The lowest BCUT2D eigenvalue weighted by Crippen LogP contribution is -2.13. The van der Waals surface area contributed by atoms with Gasteiger partial charge in [-0.1, -0.05) is 18.2 Å². The Balaban J connectivity index is 2.34. The molecule has 2 aromatic rings. The van der Waals surface area contributed by atoms with Gasteiger partial charge in [-0.15, -0.1) is 0 Å². The minimum atomic E-state index is -3.69. The third-order valence-corrected chi connectivity index (χ3v) is 3.79. The summed E-state index contributed by atoms with van der Waals surface area (Å²) in [5, 5.41) is 3.91. The second kappa shape index (κ2) is 4.69. The van der Waals surface area contributed by atoms with Gasteiger partial charge in [0.25, 0.3) is 10.0 Å². The van der Waals surface area contributed by atoms with Crippen molar-refractivity contribution >= 4 is 21.5 Å². The average Bonchev–Trinajstić information content (AvgIpc) is 2.72. The number of nitrogens with two attached hydrogens (primary N) is 1. The summed E-state index contributed by atoms with van der Waals surface area (Å²) in [7, 11) is -3.69. The van der Waals surface area contributed by atoms with Crippen molar-refractivity contribution in [3.63, 3.8) is 0 Å². The Morgan fingerprint density at radius 1 is 1.33 bits per heavy atom. The summed E-state index contributed by atoms with van der Waals surface area (Å²) in [5.74, 6) is 0.000260. The molecule has 0 aliphatic heterocycles. The van der Waals surface area contributed by atoms with Crippen molar-refractivity contribution in [1.29, 1.82) is 0 Å². The molecule has 3 N–H and O–H groups in total. The van der Waals surface area contributed by atoms with Gasteiger partial charge in [-0.3, -0.25) is 9.40 Å². The van der Waals surface area contributed by atoms with E-state index in [2.05, 4.69) is 9.82 Å². The molecule has 0 radical (unpaired) electrons. The van der Waals surface area contributed by atoms with Crippen LogP contribution in [-0.2, 0) is 16.6 Å². The zero-order valence-corrected chi connectivity index (χ0v) is 10.7. The van der Waals surface area contributed by atoms with E-state index in [1.54, 1.807) is 30.3 Å². The molecule has 1 aromatic carbocycles. The van der Waals surface area contributed by atoms with Crippen LogP contribution >= 0.6 is 0 Å². The third-order valence-electron chi connectivity index (χ3n) is 2.39. The number of benzene rings is 1. The van der Waals surface area contributed by atoms with Crippen molar-refractivity contribution in [1.82, 2.24) is 9.78 Å². The molecule has 0 unspecified atom stereocenters. The van der Waals surface area contributed by atoms with Crippen LogP contribution in [0.2, 0.25) is 0 Å². The molecule has 0 aliphatic carbocycles. The number of nitrogens with zero attached hydrogens (tertiary/aromatic N) is 2. The first kappa shape index (κ1) is 12.4. The molecule has 1 aromatic heterocycles. The average molecular weight is 266 g/mol. The summed E-state index contributed by atoms with van der Waals surface area (Å²) < 4.78 is 28.1. The molecule has 6 nitrogen and oxygen atoms in total. The maximum absolute atomic E-state index is 12.1. The number of sulfonamides is 1. The van der Waals surface area contributed by atoms with E-state index in [9.17, 15) is 8.42 Å². The normalized spacial score (nSPS) is 11.4. The highest BCUT2D eigenvalue weighted by Crippen LogP contribution is 2.20. The minimum absolute atomic E-state index is 0.000260. The second-order valence-corrected chi connectivity index (χ2v) is 5.36. The highest BCUT2D eigenvalue weighted by Gasteiger charge is 2.20. The van der Waals surface area contributed by atoms with Gasteiger partial charge in [0.2, 0.25) is 0 Å². The Hall–Kier alpha value is -2.02. The van der Waals surface area contributed by atoms with Crippen LogP contribution < -0.4 is 10.5 Å². The van der Waals surface area contributed by atoms with E-state index in [1.807, 2.05) is 6.92 Å². The topological polar surface area (TPSA) is 90.0 Å². The van der Waals surface area contributed by atoms with Crippen molar-refractivity contribution in [2.45, 2.75) is 18.4 Å². The smallest absolute Gasteiger partial charge is 0.267 e. The van der Waals surface area contributed by atoms with E-state index >= 15 is 0 Å². The predicted molar refractivity (Wildman–Crippen MR) is 69.6 cm³/mol. The van der Waals surface area contributed by atoms with Gasteiger partial charge >= 0.3 is 0 Å². The van der Waals surface area contributed by atoms with Gasteiger partial charge in [0.15, 0.2) is 5.82 Å². The first-order chi connectivity index (χ1) is 8.53. The maximum atomic E-state index is 12.1. The number of aryl methyl sites for hydroxylation is 1. The lowest BCUT2D eigenvalue weighted by Gasteiger charge is -2.05. The van der Waals surface area contributed by atoms with E-state index in [1.165, 1.54) is 10.9 Å². The largest absolute Gasteiger partial charge is 0.381 e. The number of para-hydroxylation sites is 1. The van der Waals surface area contributed by atoms with E-state index in [-0.39, 0.29) is 10.7 Å². The molecule has 96 valence electrons. The van der Waals surface area contributed by atoms with Crippen molar-refractivity contribution in [2.75, 3.05) is 10.5 Å². The van der Waals surface area contributed by atoms with Crippen molar-refractivity contribution in [2.24, 2.45) is 0 Å². The van der Waals surface area contributed by atoms with E-state index in [0.29, 0.717) is 12.2 Å². The molecule has 1 heterocycles. The molecule has 0 fully saturated rings. The molecule has 0 saturated heterocycles. The fraction of sp³-hybridized carbons (Fsp3) is 0.182. The first-order valence-electron chi connectivity index (χ1n) is 5.43. The Morgan fingerprint density at radius 3 is 2.56 bits per heavy atom. The predicted octanol–water partition coefficient (Wildman–Crippen LogP) is 1.29. The van der Waals surface area contributed by atoms with Gasteiger partial charge in [-0.2, -0.15) is 5.10 Å². The van der Waals surface area contributed by atoms with Gasteiger partial charge in [-0.25, -0.2) is 8.42 Å². The number of hydrogen-bond donors (Lipinski definition) is 2. The summed E-state index contributed by atoms with van der Waals surface area (Å²) in [6, 6.07) is 8.63. The molecule has 0 saturated carbocycles. The van der Waals surface area contributed by atoms with Crippen LogP contribution in [-0.4, -0.2) is 18.2 Å². The molecular weight excluding hydrogens is 252 g/mol. The fourth-order valence-electron chi connectivity index (χ4n) is 1.50. The summed E-state index contributed by atoms with van der Waals surface area (Å²) in [4.78, 5) is -0.00629. The summed E-state index contributed by atoms with van der Waals surface area (Å²) in [6.07, 6.45) is 1.42. The number of aromatic nitrogens is 2. The maximum Gasteiger partial charge on any atom is 0.267 e. The second-order valence-electron chi connectivity index (χ2n) is 3.71. The Labute approximate surface area is 105 Å². The highest BCUT2D eigenvalue weighted by molar-refractivity contribution is 7.92. The van der Waals surface area contributed by atoms with E-state index < -0.39 is 10.0 Å². The lowest BCUT2D eigenvalue weighted by molar-refractivity contribution is 0.600. The van der Waals surface area contributed by atoms with Gasteiger partial charge in [-0.05, 0) is 19.1 Å². The Morgan fingerprint density at radius 2 is 2.00 bits per heavy atom.